The molecule has 1 aromatic heterocycles. The normalized spacial score (nSPS) is 9.50. The second-order valence-electron chi connectivity index (χ2n) is 2.80. The number of urea groups is 1. The Labute approximate surface area is 81.9 Å². The highest BCUT2D eigenvalue weighted by Gasteiger charge is 1.94. The van der Waals surface area contributed by atoms with Gasteiger partial charge in [-0.1, -0.05) is 0 Å². The Morgan fingerprint density at radius 3 is 2.64 bits per heavy atom. The minimum Gasteiger partial charge on any atom is -0.352 e. The molecule has 0 saturated carbocycles. The maximum atomic E-state index is 10.3. The van der Waals surface area contributed by atoms with Gasteiger partial charge < -0.3 is 16.4 Å². The zero-order valence-electron chi connectivity index (χ0n) is 7.95. The molecule has 0 bridgehead atoms. The van der Waals surface area contributed by atoms with Crippen molar-refractivity contribution in [3.8, 4) is 0 Å². The highest BCUT2D eigenvalue weighted by atomic mass is 16.2. The lowest BCUT2D eigenvalue weighted by atomic mass is 10.4. The Balaban J connectivity index is 2.25. The largest absolute Gasteiger partial charge is 0.352 e. The smallest absolute Gasteiger partial charge is 0.312 e. The quantitative estimate of drug-likeness (QED) is 0.583. The third kappa shape index (κ3) is 3.70. The molecule has 0 saturated heterocycles. The Morgan fingerprint density at radius 1 is 1.43 bits per heavy atom. The fourth-order valence-electron chi connectivity index (χ4n) is 0.844. The Hall–Kier alpha value is -1.85. The van der Waals surface area contributed by atoms with Gasteiger partial charge in [0.25, 0.3) is 0 Å². The van der Waals surface area contributed by atoms with Crippen molar-refractivity contribution >= 4 is 12.0 Å². The summed E-state index contributed by atoms with van der Waals surface area (Å²) >= 11 is 0. The molecule has 14 heavy (non-hydrogen) atoms. The van der Waals surface area contributed by atoms with Crippen molar-refractivity contribution in [2.75, 3.05) is 18.4 Å². The molecule has 0 spiro atoms. The number of carbonyl (C=O) groups excluding carboxylic acids is 1. The zero-order valence-corrected chi connectivity index (χ0v) is 7.95. The first-order valence-electron chi connectivity index (χ1n) is 4.24. The number of hydrogen-bond acceptors (Lipinski definition) is 4. The van der Waals surface area contributed by atoms with E-state index < -0.39 is 6.03 Å². The van der Waals surface area contributed by atoms with E-state index in [0.29, 0.717) is 19.0 Å². The van der Waals surface area contributed by atoms with Crippen LogP contribution in [0.4, 0.5) is 10.7 Å². The van der Waals surface area contributed by atoms with E-state index in [0.717, 1.165) is 5.56 Å². The van der Waals surface area contributed by atoms with Crippen LogP contribution in [0.5, 0.6) is 0 Å². The monoisotopic (exact) mass is 195 g/mol. The van der Waals surface area contributed by atoms with Gasteiger partial charge in [-0.05, 0) is 12.5 Å². The molecule has 1 rings (SSSR count). The summed E-state index contributed by atoms with van der Waals surface area (Å²) in [4.78, 5) is 18.4. The molecule has 2 amide bonds. The van der Waals surface area contributed by atoms with Gasteiger partial charge in [0.15, 0.2) is 0 Å². The summed E-state index contributed by atoms with van der Waals surface area (Å²) in [6.07, 6.45) is 3.44. The third-order valence-electron chi connectivity index (χ3n) is 1.49. The molecule has 6 nitrogen and oxygen atoms in total. The number of anilines is 1. The number of nitrogens with one attached hydrogen (secondary N) is 2. The molecular weight excluding hydrogens is 182 g/mol. The van der Waals surface area contributed by atoms with Crippen molar-refractivity contribution in [2.45, 2.75) is 6.92 Å². The maximum absolute atomic E-state index is 10.3. The average Bonchev–Trinajstić information content (AvgIpc) is 2.15. The van der Waals surface area contributed by atoms with E-state index in [9.17, 15) is 4.79 Å². The minimum atomic E-state index is -0.531. The van der Waals surface area contributed by atoms with E-state index in [1.165, 1.54) is 0 Å². The first kappa shape index (κ1) is 10.2. The molecule has 0 fully saturated rings. The molecule has 6 heteroatoms. The molecule has 76 valence electrons. The lowest BCUT2D eigenvalue weighted by Gasteiger charge is -2.04. The number of nitrogens with zero attached hydrogens (tertiary/aromatic N) is 2. The number of carbonyl (C=O) groups is 1. The Morgan fingerprint density at radius 2 is 2.07 bits per heavy atom. The zero-order chi connectivity index (χ0) is 10.4. The van der Waals surface area contributed by atoms with Crippen LogP contribution in [0.25, 0.3) is 0 Å². The number of aryl methyl sites for hydroxylation is 1. The number of nitrogens with two attached hydrogens (primary N) is 1. The first-order valence-corrected chi connectivity index (χ1v) is 4.24. The van der Waals surface area contributed by atoms with Crippen molar-refractivity contribution < 1.29 is 4.79 Å². The van der Waals surface area contributed by atoms with Crippen LogP contribution in [0.15, 0.2) is 12.4 Å². The molecule has 0 atom stereocenters. The summed E-state index contributed by atoms with van der Waals surface area (Å²) in [5, 5.41) is 5.38. The maximum Gasteiger partial charge on any atom is 0.312 e. The number of rotatable bonds is 4. The number of hydrogen-bond donors (Lipinski definition) is 3. The van der Waals surface area contributed by atoms with Gasteiger partial charge in [0, 0.05) is 25.5 Å². The highest BCUT2D eigenvalue weighted by Crippen LogP contribution is 1.96. The number of primary amides is 1. The summed E-state index contributed by atoms with van der Waals surface area (Å²) in [6.45, 7) is 2.91. The topological polar surface area (TPSA) is 92.9 Å². The van der Waals surface area contributed by atoms with Crippen molar-refractivity contribution in [3.05, 3.63) is 18.0 Å². The lowest BCUT2D eigenvalue weighted by molar-refractivity contribution is 0.249. The van der Waals surface area contributed by atoms with Crippen molar-refractivity contribution in [1.29, 1.82) is 0 Å². The van der Waals surface area contributed by atoms with Crippen molar-refractivity contribution in [3.63, 3.8) is 0 Å². The average molecular weight is 195 g/mol. The van der Waals surface area contributed by atoms with Gasteiger partial charge in [-0.3, -0.25) is 0 Å². The van der Waals surface area contributed by atoms with Crippen LogP contribution in [0, 0.1) is 6.92 Å². The molecule has 1 aromatic rings. The van der Waals surface area contributed by atoms with E-state index in [1.807, 2.05) is 6.92 Å². The summed E-state index contributed by atoms with van der Waals surface area (Å²) in [5.41, 5.74) is 5.89. The van der Waals surface area contributed by atoms with Crippen LogP contribution < -0.4 is 16.4 Å². The SMILES string of the molecule is Cc1cnc(NCCNC(N)=O)nc1. The molecule has 0 aliphatic heterocycles. The highest BCUT2D eigenvalue weighted by molar-refractivity contribution is 5.71. The lowest BCUT2D eigenvalue weighted by Crippen LogP contribution is -2.33. The van der Waals surface area contributed by atoms with Gasteiger partial charge in [-0.2, -0.15) is 0 Å². The molecular formula is C8H13N5O. The second kappa shape index (κ2) is 5.00. The van der Waals surface area contributed by atoms with Gasteiger partial charge in [0.1, 0.15) is 0 Å². The van der Waals surface area contributed by atoms with Crippen LogP contribution in [0.2, 0.25) is 0 Å². The third-order valence-corrected chi connectivity index (χ3v) is 1.49. The standard InChI is InChI=1S/C8H13N5O/c1-6-4-12-8(13-5-6)11-3-2-10-7(9)14/h4-5H,2-3H2,1H3,(H3,9,10,14)(H,11,12,13). The number of amides is 2. The molecule has 0 aliphatic carbocycles. The molecule has 1 heterocycles. The Kier molecular flexibility index (Phi) is 3.66. The minimum absolute atomic E-state index is 0.451. The summed E-state index contributed by atoms with van der Waals surface area (Å²) in [6, 6.07) is -0.531. The predicted molar refractivity (Wildman–Crippen MR) is 52.8 cm³/mol. The molecule has 0 radical (unpaired) electrons. The van der Waals surface area contributed by atoms with Gasteiger partial charge in [0.2, 0.25) is 5.95 Å². The fourth-order valence-corrected chi connectivity index (χ4v) is 0.844. The first-order chi connectivity index (χ1) is 6.68. The van der Waals surface area contributed by atoms with Crippen LogP contribution >= 0.6 is 0 Å². The van der Waals surface area contributed by atoms with Crippen molar-refractivity contribution in [2.24, 2.45) is 5.73 Å². The van der Waals surface area contributed by atoms with E-state index in [1.54, 1.807) is 12.4 Å². The van der Waals surface area contributed by atoms with E-state index in [4.69, 9.17) is 5.73 Å². The fraction of sp³-hybridized carbons (Fsp3) is 0.375. The molecule has 0 aromatic carbocycles. The second-order valence-corrected chi connectivity index (χ2v) is 2.80. The summed E-state index contributed by atoms with van der Waals surface area (Å²) in [5.74, 6) is 0.543. The molecule has 4 N–H and O–H groups in total. The van der Waals surface area contributed by atoms with E-state index in [2.05, 4.69) is 20.6 Å². The van der Waals surface area contributed by atoms with Crippen LogP contribution in [0.1, 0.15) is 5.56 Å². The van der Waals surface area contributed by atoms with Gasteiger partial charge in [0.05, 0.1) is 0 Å². The van der Waals surface area contributed by atoms with Crippen LogP contribution in [-0.4, -0.2) is 29.1 Å². The summed E-state index contributed by atoms with van der Waals surface area (Å²) < 4.78 is 0. The van der Waals surface area contributed by atoms with Crippen LogP contribution in [-0.2, 0) is 0 Å². The van der Waals surface area contributed by atoms with Gasteiger partial charge in [-0.15, -0.1) is 0 Å². The Bertz CT molecular complexity index is 297. The van der Waals surface area contributed by atoms with Crippen molar-refractivity contribution in [1.82, 2.24) is 15.3 Å². The summed E-state index contributed by atoms with van der Waals surface area (Å²) in [7, 11) is 0. The molecule has 0 aliphatic rings. The van der Waals surface area contributed by atoms with Gasteiger partial charge in [-0.25, -0.2) is 14.8 Å². The predicted octanol–water partition coefficient (Wildman–Crippen LogP) is -0.135. The molecule has 0 unspecified atom stereocenters. The van der Waals surface area contributed by atoms with E-state index in [-0.39, 0.29) is 0 Å². The van der Waals surface area contributed by atoms with Gasteiger partial charge >= 0.3 is 6.03 Å². The van der Waals surface area contributed by atoms with E-state index >= 15 is 0 Å². The van der Waals surface area contributed by atoms with Crippen LogP contribution in [0.3, 0.4) is 0 Å². The number of aromatic nitrogens is 2.